The maximum Gasteiger partial charge on any atom is 0.203 e. The molecule has 0 aliphatic rings. The number of fused-ring (bicyclic) bond motifs is 1. The number of ether oxygens (including phenoxy) is 1. The van der Waals surface area contributed by atoms with Gasteiger partial charge in [-0.25, -0.2) is 9.97 Å². The molecule has 3 rings (SSSR count). The summed E-state index contributed by atoms with van der Waals surface area (Å²) >= 11 is 1.63. The average Bonchev–Trinajstić information content (AvgIpc) is 3.12. The summed E-state index contributed by atoms with van der Waals surface area (Å²) in [5, 5.41) is 3.08. The second kappa shape index (κ2) is 5.83. The van der Waals surface area contributed by atoms with Crippen LogP contribution in [0, 0.1) is 0 Å². The fourth-order valence-electron chi connectivity index (χ4n) is 2.12. The number of imidazole rings is 1. The minimum atomic E-state index is 0.0419. The van der Waals surface area contributed by atoms with Crippen LogP contribution in [0.15, 0.2) is 29.6 Å². The Balaban J connectivity index is 1.76. The standard InChI is InChI=1S/C15H18N4OS/c1-10(20-3)14-16-11(9-21-14)8-19(2)15-17-12-6-4-5-7-13(12)18-15/h4-7,9-10H,8H2,1-3H3,(H,17,18). The van der Waals surface area contributed by atoms with Gasteiger partial charge in [0.15, 0.2) is 0 Å². The van der Waals surface area contributed by atoms with Gasteiger partial charge in [0.1, 0.15) is 11.1 Å². The summed E-state index contributed by atoms with van der Waals surface area (Å²) in [4.78, 5) is 14.6. The molecule has 6 heteroatoms. The number of aromatic nitrogens is 3. The number of H-pyrrole nitrogens is 1. The normalized spacial score (nSPS) is 12.7. The Labute approximate surface area is 127 Å². The van der Waals surface area contributed by atoms with Gasteiger partial charge in [0.05, 0.1) is 23.3 Å². The lowest BCUT2D eigenvalue weighted by Gasteiger charge is -2.14. The number of aromatic amines is 1. The minimum Gasteiger partial charge on any atom is -0.375 e. The van der Waals surface area contributed by atoms with Gasteiger partial charge in [0.25, 0.3) is 0 Å². The molecule has 0 saturated carbocycles. The Kier molecular flexibility index (Phi) is 3.90. The topological polar surface area (TPSA) is 54.0 Å². The van der Waals surface area contributed by atoms with E-state index in [1.54, 1.807) is 18.4 Å². The lowest BCUT2D eigenvalue weighted by Crippen LogP contribution is -2.18. The van der Waals surface area contributed by atoms with Crippen molar-refractivity contribution >= 4 is 28.3 Å². The molecular formula is C15H18N4OS. The van der Waals surface area contributed by atoms with Crippen molar-refractivity contribution in [2.45, 2.75) is 19.6 Å². The molecule has 110 valence electrons. The maximum absolute atomic E-state index is 5.29. The molecule has 0 spiro atoms. The van der Waals surface area contributed by atoms with E-state index in [9.17, 15) is 0 Å². The Morgan fingerprint density at radius 1 is 1.33 bits per heavy atom. The number of rotatable bonds is 5. The van der Waals surface area contributed by atoms with Crippen LogP contribution in [-0.2, 0) is 11.3 Å². The second-order valence-electron chi connectivity index (χ2n) is 4.99. The number of hydrogen-bond acceptors (Lipinski definition) is 5. The number of anilines is 1. The van der Waals surface area contributed by atoms with E-state index in [1.807, 2.05) is 38.2 Å². The number of thiazole rings is 1. The van der Waals surface area contributed by atoms with Crippen LogP contribution in [0.4, 0.5) is 5.95 Å². The van der Waals surface area contributed by atoms with Crippen LogP contribution in [-0.4, -0.2) is 29.1 Å². The van der Waals surface area contributed by atoms with Crippen molar-refractivity contribution in [2.24, 2.45) is 0 Å². The largest absolute Gasteiger partial charge is 0.375 e. The highest BCUT2D eigenvalue weighted by Gasteiger charge is 2.12. The van der Waals surface area contributed by atoms with Crippen LogP contribution < -0.4 is 4.90 Å². The lowest BCUT2D eigenvalue weighted by atomic mass is 10.3. The first-order valence-electron chi connectivity index (χ1n) is 6.80. The molecule has 0 radical (unpaired) electrons. The van der Waals surface area contributed by atoms with Crippen LogP contribution >= 0.6 is 11.3 Å². The van der Waals surface area contributed by atoms with Gasteiger partial charge < -0.3 is 14.6 Å². The Bertz CT molecular complexity index is 703. The number of methoxy groups -OCH3 is 1. The number of benzene rings is 1. The van der Waals surface area contributed by atoms with Gasteiger partial charge >= 0.3 is 0 Å². The summed E-state index contributed by atoms with van der Waals surface area (Å²) in [6.07, 6.45) is 0.0419. The number of para-hydroxylation sites is 2. The van der Waals surface area contributed by atoms with E-state index in [2.05, 4.69) is 25.2 Å². The number of nitrogens with one attached hydrogen (secondary N) is 1. The van der Waals surface area contributed by atoms with Gasteiger partial charge in [-0.1, -0.05) is 12.1 Å². The van der Waals surface area contributed by atoms with Gasteiger partial charge in [0.2, 0.25) is 5.95 Å². The molecule has 1 aromatic carbocycles. The highest BCUT2D eigenvalue weighted by molar-refractivity contribution is 7.09. The Morgan fingerprint density at radius 2 is 2.14 bits per heavy atom. The zero-order chi connectivity index (χ0) is 14.8. The molecule has 5 nitrogen and oxygen atoms in total. The molecule has 0 aliphatic heterocycles. The average molecular weight is 302 g/mol. The number of hydrogen-bond donors (Lipinski definition) is 1. The van der Waals surface area contributed by atoms with Gasteiger partial charge in [-0.2, -0.15) is 0 Å². The van der Waals surface area contributed by atoms with E-state index in [0.717, 1.165) is 27.7 Å². The zero-order valence-electron chi connectivity index (χ0n) is 12.3. The van der Waals surface area contributed by atoms with Crippen molar-refractivity contribution in [3.8, 4) is 0 Å². The molecule has 21 heavy (non-hydrogen) atoms. The fourth-order valence-corrected chi connectivity index (χ4v) is 2.96. The molecular weight excluding hydrogens is 284 g/mol. The third-order valence-electron chi connectivity index (χ3n) is 3.41. The van der Waals surface area contributed by atoms with E-state index < -0.39 is 0 Å². The number of nitrogens with zero attached hydrogens (tertiary/aromatic N) is 3. The summed E-state index contributed by atoms with van der Waals surface area (Å²) in [5.74, 6) is 0.852. The lowest BCUT2D eigenvalue weighted by molar-refractivity contribution is 0.119. The first-order chi connectivity index (χ1) is 10.2. The second-order valence-corrected chi connectivity index (χ2v) is 5.88. The van der Waals surface area contributed by atoms with E-state index in [-0.39, 0.29) is 6.10 Å². The molecule has 0 aliphatic carbocycles. The zero-order valence-corrected chi connectivity index (χ0v) is 13.1. The minimum absolute atomic E-state index is 0.0419. The highest BCUT2D eigenvalue weighted by Crippen LogP contribution is 2.22. The van der Waals surface area contributed by atoms with Gasteiger partial charge in [-0.3, -0.25) is 0 Å². The summed E-state index contributed by atoms with van der Waals surface area (Å²) in [6, 6.07) is 8.03. The summed E-state index contributed by atoms with van der Waals surface area (Å²) in [6.45, 7) is 2.72. The van der Waals surface area contributed by atoms with Crippen molar-refractivity contribution < 1.29 is 4.74 Å². The molecule has 0 saturated heterocycles. The predicted octanol–water partition coefficient (Wildman–Crippen LogP) is 3.36. The van der Waals surface area contributed by atoms with Gasteiger partial charge in [0, 0.05) is 19.5 Å². The molecule has 1 atom stereocenters. The van der Waals surface area contributed by atoms with Crippen LogP contribution in [0.3, 0.4) is 0 Å². The molecule has 0 bridgehead atoms. The van der Waals surface area contributed by atoms with Crippen LogP contribution in [0.5, 0.6) is 0 Å². The van der Waals surface area contributed by atoms with Gasteiger partial charge in [-0.15, -0.1) is 11.3 Å². The van der Waals surface area contributed by atoms with E-state index in [0.29, 0.717) is 6.54 Å². The molecule has 0 amide bonds. The van der Waals surface area contributed by atoms with Crippen molar-refractivity contribution in [1.82, 2.24) is 15.0 Å². The Morgan fingerprint density at radius 3 is 2.90 bits per heavy atom. The molecule has 1 N–H and O–H groups in total. The summed E-state index contributed by atoms with van der Waals surface area (Å²) < 4.78 is 5.29. The third-order valence-corrected chi connectivity index (χ3v) is 4.46. The van der Waals surface area contributed by atoms with Crippen molar-refractivity contribution in [2.75, 3.05) is 19.1 Å². The first kappa shape index (κ1) is 14.0. The van der Waals surface area contributed by atoms with E-state index >= 15 is 0 Å². The van der Waals surface area contributed by atoms with Crippen molar-refractivity contribution in [3.63, 3.8) is 0 Å². The molecule has 2 heterocycles. The Hall–Kier alpha value is -1.92. The predicted molar refractivity (Wildman–Crippen MR) is 85.7 cm³/mol. The van der Waals surface area contributed by atoms with Crippen molar-refractivity contribution in [3.05, 3.63) is 40.3 Å². The highest BCUT2D eigenvalue weighted by atomic mass is 32.1. The summed E-state index contributed by atoms with van der Waals surface area (Å²) in [7, 11) is 3.71. The molecule has 0 fully saturated rings. The van der Waals surface area contributed by atoms with E-state index in [1.165, 1.54) is 0 Å². The molecule has 1 unspecified atom stereocenters. The summed E-state index contributed by atoms with van der Waals surface area (Å²) in [5.41, 5.74) is 3.06. The van der Waals surface area contributed by atoms with Crippen LogP contribution in [0.1, 0.15) is 23.7 Å². The first-order valence-corrected chi connectivity index (χ1v) is 7.68. The monoisotopic (exact) mass is 302 g/mol. The quantitative estimate of drug-likeness (QED) is 0.785. The maximum atomic E-state index is 5.29. The van der Waals surface area contributed by atoms with Gasteiger partial charge in [-0.05, 0) is 19.1 Å². The third kappa shape index (κ3) is 2.91. The molecule has 3 aromatic rings. The van der Waals surface area contributed by atoms with Crippen LogP contribution in [0.25, 0.3) is 11.0 Å². The van der Waals surface area contributed by atoms with E-state index in [4.69, 9.17) is 4.74 Å². The molecule has 2 aromatic heterocycles. The SMILES string of the molecule is COC(C)c1nc(CN(C)c2nc3ccccc3[nH]2)cs1. The van der Waals surface area contributed by atoms with Crippen LogP contribution in [0.2, 0.25) is 0 Å². The smallest absolute Gasteiger partial charge is 0.203 e. The fraction of sp³-hybridized carbons (Fsp3) is 0.333. The van der Waals surface area contributed by atoms with Crippen molar-refractivity contribution in [1.29, 1.82) is 0 Å².